The Bertz CT molecular complexity index is 3160. The van der Waals surface area contributed by atoms with Gasteiger partial charge in [0.25, 0.3) is 0 Å². The number of aromatic nitrogens is 1. The average Bonchev–Trinajstić information content (AvgIpc) is 3.83. The highest BCUT2D eigenvalue weighted by molar-refractivity contribution is 6.16. The van der Waals surface area contributed by atoms with Gasteiger partial charge in [-0.3, -0.25) is 0 Å². The second-order valence-corrected chi connectivity index (χ2v) is 14.2. The SMILES string of the molecule is c1ccc(C2=NC(c3cccc(-n4c5ccccc5c5cc(-c6cccc7c6oc6c(-c8ccccc8)cccc67)ccc54)c3)=NC(c3ccccc3)N2)cc1. The molecule has 0 fully saturated rings. The Morgan fingerprint density at radius 3 is 1.79 bits per heavy atom. The van der Waals surface area contributed by atoms with Gasteiger partial charge in [0.2, 0.25) is 0 Å². The maximum atomic E-state index is 6.81. The summed E-state index contributed by atoms with van der Waals surface area (Å²) in [6, 6.07) is 68.0. The zero-order valence-electron chi connectivity index (χ0n) is 30.3. The fourth-order valence-electron chi connectivity index (χ4n) is 8.22. The molecule has 0 saturated heterocycles. The Hall–Kier alpha value is -7.50. The molecule has 0 saturated carbocycles. The third-order valence-electron chi connectivity index (χ3n) is 10.9. The van der Waals surface area contributed by atoms with Crippen LogP contribution < -0.4 is 5.32 Å². The van der Waals surface area contributed by atoms with Crippen LogP contribution in [0, 0.1) is 0 Å². The van der Waals surface area contributed by atoms with E-state index >= 15 is 0 Å². The average molecular weight is 719 g/mol. The number of hydrogen-bond donors (Lipinski definition) is 1. The first kappa shape index (κ1) is 32.0. The van der Waals surface area contributed by atoms with E-state index in [1.165, 1.54) is 10.8 Å². The molecule has 1 aliphatic rings. The molecule has 2 aromatic heterocycles. The highest BCUT2D eigenvalue weighted by Gasteiger charge is 2.22. The number of para-hydroxylation sites is 3. The molecular formula is C51H34N4O. The van der Waals surface area contributed by atoms with Gasteiger partial charge < -0.3 is 14.3 Å². The Labute approximate surface area is 323 Å². The third-order valence-corrected chi connectivity index (χ3v) is 10.9. The van der Waals surface area contributed by atoms with Crippen LogP contribution in [0.3, 0.4) is 0 Å². The number of fused-ring (bicyclic) bond motifs is 6. The molecule has 0 amide bonds. The van der Waals surface area contributed by atoms with Crippen LogP contribution in [-0.2, 0) is 0 Å². The molecule has 11 rings (SSSR count). The number of hydrogen-bond acceptors (Lipinski definition) is 4. The highest BCUT2D eigenvalue weighted by atomic mass is 16.3. The van der Waals surface area contributed by atoms with Gasteiger partial charge in [-0.1, -0.05) is 164 Å². The molecule has 0 spiro atoms. The van der Waals surface area contributed by atoms with Crippen LogP contribution in [0.25, 0.3) is 71.7 Å². The van der Waals surface area contributed by atoms with Gasteiger partial charge in [0, 0.05) is 49.5 Å². The standard InChI is InChI=1S/C51H34N4O/c1-4-15-33(16-5-1)39-24-13-26-42-43-27-14-25-40(48(43)56-47(39)42)36-29-30-46-44(32-36)41-23-10-11-28-45(41)55(46)38-22-12-21-37(31-38)51-53-49(34-17-6-2-7-18-34)52-50(54-51)35-19-8-3-9-20-35/h1-32,49H,(H,52,53,54). The summed E-state index contributed by atoms with van der Waals surface area (Å²) in [4.78, 5) is 10.2. The van der Waals surface area contributed by atoms with Gasteiger partial charge in [-0.15, -0.1) is 0 Å². The lowest BCUT2D eigenvalue weighted by molar-refractivity contribution is 0.671. The van der Waals surface area contributed by atoms with E-state index in [2.05, 4.69) is 162 Å². The summed E-state index contributed by atoms with van der Waals surface area (Å²) in [5.41, 5.74) is 12.6. The molecule has 3 heterocycles. The summed E-state index contributed by atoms with van der Waals surface area (Å²) >= 11 is 0. The highest BCUT2D eigenvalue weighted by Crippen LogP contribution is 2.41. The van der Waals surface area contributed by atoms with E-state index < -0.39 is 0 Å². The minimum atomic E-state index is -0.268. The second-order valence-electron chi connectivity index (χ2n) is 14.2. The van der Waals surface area contributed by atoms with E-state index in [0.717, 1.165) is 83.4 Å². The molecule has 1 unspecified atom stereocenters. The van der Waals surface area contributed by atoms with Gasteiger partial charge in [-0.05, 0) is 47.0 Å². The minimum Gasteiger partial charge on any atom is -0.455 e. The van der Waals surface area contributed by atoms with E-state index in [0.29, 0.717) is 5.84 Å². The monoisotopic (exact) mass is 718 g/mol. The van der Waals surface area contributed by atoms with Crippen LogP contribution in [0.1, 0.15) is 22.9 Å². The maximum Gasteiger partial charge on any atom is 0.159 e. The van der Waals surface area contributed by atoms with Crippen LogP contribution in [0.5, 0.6) is 0 Å². The summed E-state index contributed by atoms with van der Waals surface area (Å²) in [6.07, 6.45) is -0.268. The van der Waals surface area contributed by atoms with Crippen LogP contribution in [0.15, 0.2) is 209 Å². The molecule has 264 valence electrons. The number of amidine groups is 2. The zero-order chi connectivity index (χ0) is 37.0. The van der Waals surface area contributed by atoms with Crippen molar-refractivity contribution in [3.05, 3.63) is 211 Å². The number of benzene rings is 8. The molecule has 56 heavy (non-hydrogen) atoms. The summed E-state index contributed by atoms with van der Waals surface area (Å²) in [5, 5.41) is 8.17. The summed E-state index contributed by atoms with van der Waals surface area (Å²) in [6.45, 7) is 0. The van der Waals surface area contributed by atoms with Crippen molar-refractivity contribution in [1.82, 2.24) is 9.88 Å². The van der Waals surface area contributed by atoms with Crippen molar-refractivity contribution in [2.45, 2.75) is 6.17 Å². The van der Waals surface area contributed by atoms with Gasteiger partial charge in [0.05, 0.1) is 11.0 Å². The summed E-state index contributed by atoms with van der Waals surface area (Å²) < 4.78 is 9.16. The van der Waals surface area contributed by atoms with Crippen LogP contribution >= 0.6 is 0 Å². The smallest absolute Gasteiger partial charge is 0.159 e. The van der Waals surface area contributed by atoms with E-state index in [9.17, 15) is 0 Å². The number of aliphatic imine (C=N–C) groups is 2. The lowest BCUT2D eigenvalue weighted by Crippen LogP contribution is -2.33. The number of nitrogens with one attached hydrogen (secondary N) is 1. The van der Waals surface area contributed by atoms with E-state index in [4.69, 9.17) is 14.4 Å². The van der Waals surface area contributed by atoms with Crippen LogP contribution in [-0.4, -0.2) is 16.2 Å². The summed E-state index contributed by atoms with van der Waals surface area (Å²) in [7, 11) is 0. The quantitative estimate of drug-likeness (QED) is 0.186. The van der Waals surface area contributed by atoms with Crippen molar-refractivity contribution in [3.8, 4) is 27.9 Å². The molecule has 5 heteroatoms. The fraction of sp³-hybridized carbons (Fsp3) is 0.0196. The second kappa shape index (κ2) is 13.1. The lowest BCUT2D eigenvalue weighted by Gasteiger charge is -2.23. The van der Waals surface area contributed by atoms with Crippen molar-refractivity contribution >= 4 is 55.4 Å². The first-order chi connectivity index (χ1) is 27.8. The Morgan fingerprint density at radius 2 is 1.04 bits per heavy atom. The largest absolute Gasteiger partial charge is 0.455 e. The zero-order valence-corrected chi connectivity index (χ0v) is 30.3. The Morgan fingerprint density at radius 1 is 0.446 bits per heavy atom. The van der Waals surface area contributed by atoms with E-state index in [1.54, 1.807) is 0 Å². The molecule has 8 aromatic carbocycles. The molecule has 1 aliphatic heterocycles. The molecular weight excluding hydrogens is 685 g/mol. The molecule has 5 nitrogen and oxygen atoms in total. The topological polar surface area (TPSA) is 54.8 Å². The number of nitrogens with zero attached hydrogens (tertiary/aromatic N) is 3. The molecule has 0 aliphatic carbocycles. The van der Waals surface area contributed by atoms with Crippen molar-refractivity contribution in [3.63, 3.8) is 0 Å². The van der Waals surface area contributed by atoms with Crippen molar-refractivity contribution in [2.75, 3.05) is 0 Å². The fourth-order valence-corrected chi connectivity index (χ4v) is 8.22. The summed E-state index contributed by atoms with van der Waals surface area (Å²) in [5.74, 6) is 1.49. The molecule has 1 atom stereocenters. The normalized spacial score (nSPS) is 14.2. The van der Waals surface area contributed by atoms with Gasteiger partial charge >= 0.3 is 0 Å². The lowest BCUT2D eigenvalue weighted by atomic mass is 9.99. The van der Waals surface area contributed by atoms with Crippen molar-refractivity contribution in [1.29, 1.82) is 0 Å². The van der Waals surface area contributed by atoms with Gasteiger partial charge in [-0.25, -0.2) is 9.98 Å². The van der Waals surface area contributed by atoms with Crippen molar-refractivity contribution < 1.29 is 4.42 Å². The predicted octanol–water partition coefficient (Wildman–Crippen LogP) is 12.5. The Kier molecular flexibility index (Phi) is 7.49. The van der Waals surface area contributed by atoms with Gasteiger partial charge in [0.15, 0.2) is 5.84 Å². The number of furan rings is 1. The molecule has 0 bridgehead atoms. The minimum absolute atomic E-state index is 0.268. The Balaban J connectivity index is 1.04. The van der Waals surface area contributed by atoms with Gasteiger partial charge in [-0.2, -0.15) is 0 Å². The molecule has 1 N–H and O–H groups in total. The third kappa shape index (κ3) is 5.32. The predicted molar refractivity (Wildman–Crippen MR) is 231 cm³/mol. The van der Waals surface area contributed by atoms with E-state index in [-0.39, 0.29) is 6.17 Å². The van der Waals surface area contributed by atoms with Crippen LogP contribution in [0.2, 0.25) is 0 Å². The first-order valence-corrected chi connectivity index (χ1v) is 18.9. The maximum absolute atomic E-state index is 6.81. The van der Waals surface area contributed by atoms with Gasteiger partial charge in [0.1, 0.15) is 23.2 Å². The van der Waals surface area contributed by atoms with Crippen molar-refractivity contribution in [2.24, 2.45) is 9.98 Å². The van der Waals surface area contributed by atoms with Crippen LogP contribution in [0.4, 0.5) is 0 Å². The molecule has 0 radical (unpaired) electrons. The number of rotatable bonds is 6. The van der Waals surface area contributed by atoms with E-state index in [1.807, 2.05) is 42.5 Å². The first-order valence-electron chi connectivity index (χ1n) is 18.9. The molecule has 10 aromatic rings.